The topological polar surface area (TPSA) is 50.4 Å². The van der Waals surface area contributed by atoms with Crippen molar-refractivity contribution < 1.29 is 18.3 Å². The average molecular weight is 372 g/mol. The van der Waals surface area contributed by atoms with Gasteiger partial charge in [0.1, 0.15) is 11.6 Å². The molecule has 1 amide bonds. The van der Waals surface area contributed by atoms with Crippen LogP contribution in [0.2, 0.25) is 0 Å². The van der Waals surface area contributed by atoms with Gasteiger partial charge in [-0.3, -0.25) is 5.32 Å². The number of piperidine rings is 1. The molecule has 4 rings (SSSR count). The summed E-state index contributed by atoms with van der Waals surface area (Å²) in [6.45, 7) is 0.358. The molecular weight excluding hydrogens is 350 g/mol. The largest absolute Gasteiger partial charge is 0.449 e. The van der Waals surface area contributed by atoms with Gasteiger partial charge in [0.2, 0.25) is 0 Å². The van der Waals surface area contributed by atoms with Crippen LogP contribution in [0.3, 0.4) is 0 Å². The lowest BCUT2D eigenvalue weighted by atomic mass is 9.93. The third kappa shape index (κ3) is 4.11. The first-order valence-electron chi connectivity index (χ1n) is 9.33. The summed E-state index contributed by atoms with van der Waals surface area (Å²) in [5, 5.41) is 6.19. The minimum absolute atomic E-state index is 0.224. The van der Waals surface area contributed by atoms with Crippen LogP contribution in [0.4, 0.5) is 19.3 Å². The normalized spacial score (nSPS) is 23.9. The molecule has 2 saturated heterocycles. The number of anilines is 1. The molecule has 0 saturated carbocycles. The molecule has 6 heteroatoms. The maximum atomic E-state index is 14.1. The zero-order valence-electron chi connectivity index (χ0n) is 14.9. The lowest BCUT2D eigenvalue weighted by Crippen LogP contribution is -2.39. The Morgan fingerprint density at radius 3 is 2.56 bits per heavy atom. The highest BCUT2D eigenvalue weighted by Crippen LogP contribution is 2.32. The van der Waals surface area contributed by atoms with Crippen LogP contribution in [0.1, 0.15) is 25.7 Å². The summed E-state index contributed by atoms with van der Waals surface area (Å²) in [5.41, 5.74) is 0.823. The van der Waals surface area contributed by atoms with Gasteiger partial charge in [0.25, 0.3) is 0 Å². The molecule has 0 aromatic heterocycles. The zero-order chi connectivity index (χ0) is 18.8. The van der Waals surface area contributed by atoms with Crippen molar-refractivity contribution in [2.45, 2.75) is 37.8 Å². The molecule has 2 heterocycles. The highest BCUT2D eigenvalue weighted by molar-refractivity contribution is 5.91. The number of fused-ring (bicyclic) bond motifs is 2. The molecule has 0 spiro atoms. The third-order valence-corrected chi connectivity index (χ3v) is 5.40. The van der Waals surface area contributed by atoms with E-state index in [9.17, 15) is 13.6 Å². The van der Waals surface area contributed by atoms with Crippen LogP contribution in [0.25, 0.3) is 11.1 Å². The predicted molar refractivity (Wildman–Crippen MR) is 99.4 cm³/mol. The molecule has 27 heavy (non-hydrogen) atoms. The standard InChI is InChI=1S/C21H22F2N2O2/c22-14-5-8-20(18(11-14)17-3-1-2-4-19(17)23)25-21(26)27-12-13-9-15-6-7-16(10-13)24-15/h1-5,8,11,13,15-16,24H,6-7,9-10,12H2,(H,25,26). The van der Waals surface area contributed by atoms with Crippen LogP contribution in [-0.2, 0) is 4.74 Å². The summed E-state index contributed by atoms with van der Waals surface area (Å²) in [4.78, 5) is 12.3. The fraction of sp³-hybridized carbons (Fsp3) is 0.381. The molecule has 2 fully saturated rings. The number of rotatable bonds is 4. The molecule has 2 unspecified atom stereocenters. The van der Waals surface area contributed by atoms with Crippen molar-refractivity contribution in [1.82, 2.24) is 5.32 Å². The summed E-state index contributed by atoms with van der Waals surface area (Å²) in [6, 6.07) is 11.0. The summed E-state index contributed by atoms with van der Waals surface area (Å²) in [5.74, 6) is -0.629. The van der Waals surface area contributed by atoms with Crippen LogP contribution in [0, 0.1) is 17.6 Å². The van der Waals surface area contributed by atoms with Crippen molar-refractivity contribution in [3.8, 4) is 11.1 Å². The SMILES string of the molecule is O=C(Nc1ccc(F)cc1-c1ccccc1F)OCC1CC2CCC(C1)N2. The monoisotopic (exact) mass is 372 g/mol. The molecule has 2 aliphatic rings. The molecule has 2 aromatic carbocycles. The van der Waals surface area contributed by atoms with Crippen molar-refractivity contribution in [2.75, 3.05) is 11.9 Å². The molecule has 0 aliphatic carbocycles. The highest BCUT2D eigenvalue weighted by Gasteiger charge is 2.33. The number of amides is 1. The zero-order valence-corrected chi connectivity index (χ0v) is 14.9. The Hall–Kier alpha value is -2.47. The second kappa shape index (κ2) is 7.64. The van der Waals surface area contributed by atoms with E-state index in [4.69, 9.17) is 4.74 Å². The molecule has 2 aromatic rings. The van der Waals surface area contributed by atoms with Crippen molar-refractivity contribution in [3.63, 3.8) is 0 Å². The highest BCUT2D eigenvalue weighted by atomic mass is 19.1. The Labute approximate surface area is 156 Å². The van der Waals surface area contributed by atoms with Gasteiger partial charge in [-0.25, -0.2) is 13.6 Å². The van der Waals surface area contributed by atoms with Crippen molar-refractivity contribution in [3.05, 3.63) is 54.1 Å². The first-order chi connectivity index (χ1) is 13.1. The minimum atomic E-state index is -0.606. The fourth-order valence-electron chi connectivity index (χ4n) is 4.18. The maximum Gasteiger partial charge on any atom is 0.411 e. The number of hydrogen-bond acceptors (Lipinski definition) is 3. The van der Waals surface area contributed by atoms with E-state index in [0.29, 0.717) is 30.3 Å². The number of halogens is 2. The summed E-state index contributed by atoms with van der Waals surface area (Å²) < 4.78 is 33.2. The van der Waals surface area contributed by atoms with Crippen molar-refractivity contribution in [2.24, 2.45) is 5.92 Å². The number of nitrogens with one attached hydrogen (secondary N) is 2. The lowest BCUT2D eigenvalue weighted by molar-refractivity contribution is 0.122. The molecule has 0 radical (unpaired) electrons. The van der Waals surface area contributed by atoms with E-state index in [-0.39, 0.29) is 11.1 Å². The van der Waals surface area contributed by atoms with Gasteiger partial charge in [0.15, 0.2) is 0 Å². The van der Waals surface area contributed by atoms with E-state index in [1.165, 1.54) is 37.1 Å². The molecule has 2 bridgehead atoms. The molecule has 2 atom stereocenters. The molecule has 142 valence electrons. The Morgan fingerprint density at radius 2 is 1.81 bits per heavy atom. The fourth-order valence-corrected chi connectivity index (χ4v) is 4.18. The van der Waals surface area contributed by atoms with Gasteiger partial charge in [-0.2, -0.15) is 0 Å². The Morgan fingerprint density at radius 1 is 1.07 bits per heavy atom. The number of carbonyl (C=O) groups is 1. The predicted octanol–water partition coefficient (Wildman–Crippen LogP) is 4.71. The van der Waals surface area contributed by atoms with Gasteiger partial charge in [0, 0.05) is 23.2 Å². The van der Waals surface area contributed by atoms with E-state index < -0.39 is 17.7 Å². The number of ether oxygens (including phenoxy) is 1. The van der Waals surface area contributed by atoms with Crippen LogP contribution < -0.4 is 10.6 Å². The Bertz CT molecular complexity index is 831. The quantitative estimate of drug-likeness (QED) is 0.817. The molecule has 2 N–H and O–H groups in total. The number of carbonyl (C=O) groups excluding carboxylic acids is 1. The second-order valence-corrected chi connectivity index (χ2v) is 7.37. The van der Waals surface area contributed by atoms with Gasteiger partial charge in [-0.05, 0) is 55.9 Å². The first kappa shape index (κ1) is 17.9. The number of benzene rings is 2. The summed E-state index contributed by atoms with van der Waals surface area (Å²) in [7, 11) is 0. The maximum absolute atomic E-state index is 14.1. The summed E-state index contributed by atoms with van der Waals surface area (Å²) in [6.07, 6.45) is 3.80. The summed E-state index contributed by atoms with van der Waals surface area (Å²) >= 11 is 0. The minimum Gasteiger partial charge on any atom is -0.449 e. The van der Waals surface area contributed by atoms with Crippen molar-refractivity contribution >= 4 is 11.8 Å². The van der Waals surface area contributed by atoms with Gasteiger partial charge in [0.05, 0.1) is 12.3 Å². The van der Waals surface area contributed by atoms with Gasteiger partial charge < -0.3 is 10.1 Å². The van der Waals surface area contributed by atoms with Crippen molar-refractivity contribution in [1.29, 1.82) is 0 Å². The van der Waals surface area contributed by atoms with E-state index in [0.717, 1.165) is 12.8 Å². The Kier molecular flexibility index (Phi) is 5.07. The van der Waals surface area contributed by atoms with Crippen LogP contribution >= 0.6 is 0 Å². The molecule has 2 aliphatic heterocycles. The molecule has 4 nitrogen and oxygen atoms in total. The Balaban J connectivity index is 1.43. The molecular formula is C21H22F2N2O2. The van der Waals surface area contributed by atoms with Gasteiger partial charge in [-0.1, -0.05) is 18.2 Å². The van der Waals surface area contributed by atoms with E-state index in [1.807, 2.05) is 0 Å². The third-order valence-electron chi connectivity index (χ3n) is 5.40. The van der Waals surface area contributed by atoms with E-state index in [2.05, 4.69) is 10.6 Å². The van der Waals surface area contributed by atoms with E-state index >= 15 is 0 Å². The second-order valence-electron chi connectivity index (χ2n) is 7.37. The average Bonchev–Trinajstić information content (AvgIpc) is 3.00. The van der Waals surface area contributed by atoms with Crippen LogP contribution in [0.5, 0.6) is 0 Å². The smallest absolute Gasteiger partial charge is 0.411 e. The lowest BCUT2D eigenvalue weighted by Gasteiger charge is -2.28. The number of hydrogen-bond donors (Lipinski definition) is 2. The van der Waals surface area contributed by atoms with E-state index in [1.54, 1.807) is 18.2 Å². The first-order valence-corrected chi connectivity index (χ1v) is 9.33. The van der Waals surface area contributed by atoms with Crippen LogP contribution in [-0.4, -0.2) is 24.8 Å². The van der Waals surface area contributed by atoms with Crippen LogP contribution in [0.15, 0.2) is 42.5 Å². The van der Waals surface area contributed by atoms with Gasteiger partial charge >= 0.3 is 6.09 Å². The van der Waals surface area contributed by atoms with Gasteiger partial charge in [-0.15, -0.1) is 0 Å².